The number of ether oxygens (including phenoxy) is 1. The highest BCUT2D eigenvalue weighted by Crippen LogP contribution is 2.51. The second-order valence-corrected chi connectivity index (χ2v) is 14.8. The summed E-state index contributed by atoms with van der Waals surface area (Å²) in [5.74, 6) is 1.48. The molecule has 1 N–H and O–H groups in total. The summed E-state index contributed by atoms with van der Waals surface area (Å²) in [5, 5.41) is 3.22. The number of methoxy groups -OCH3 is 1. The van der Waals surface area contributed by atoms with Gasteiger partial charge in [0, 0.05) is 42.8 Å². The predicted molar refractivity (Wildman–Crippen MR) is 178 cm³/mol. The van der Waals surface area contributed by atoms with Crippen molar-refractivity contribution in [2.24, 2.45) is 17.8 Å². The van der Waals surface area contributed by atoms with E-state index in [1.165, 1.54) is 56.9 Å². The van der Waals surface area contributed by atoms with Crippen LogP contribution in [-0.4, -0.2) is 80.9 Å². The number of likely N-dealkylation sites (tertiary alicyclic amines) is 2. The first-order valence-electron chi connectivity index (χ1n) is 17.9. The Labute approximate surface area is 269 Å². The Balaban J connectivity index is 1.05. The van der Waals surface area contributed by atoms with Crippen LogP contribution in [0, 0.1) is 23.6 Å². The minimum absolute atomic E-state index is 0.0483. The normalized spacial score (nSPS) is 26.8. The van der Waals surface area contributed by atoms with Crippen molar-refractivity contribution in [3.63, 3.8) is 0 Å². The Hall–Kier alpha value is -2.64. The van der Waals surface area contributed by atoms with Gasteiger partial charge in [0.25, 0.3) is 0 Å². The van der Waals surface area contributed by atoms with Crippen molar-refractivity contribution in [1.82, 2.24) is 15.1 Å². The summed E-state index contributed by atoms with van der Waals surface area (Å²) in [5.41, 5.74) is 3.80. The minimum Gasteiger partial charge on any atom is -0.453 e. The SMILES string of the molecule is COC(=O)N[C@H]1CCC[C@@H]1[C@](CN1CCC1)(c1cccc(F)c1)C1CCN(C2CCN(c3ccc(CC4CC4)cc3)CC2)CC1. The van der Waals surface area contributed by atoms with Crippen LogP contribution in [0.25, 0.3) is 0 Å². The molecule has 5 aliphatic rings. The molecule has 244 valence electrons. The predicted octanol–water partition coefficient (Wildman–Crippen LogP) is 6.63. The second kappa shape index (κ2) is 13.6. The molecule has 0 spiro atoms. The number of alkyl carbamates (subject to hydrolysis) is 1. The number of carbonyl (C=O) groups excluding carboxylic acids is 1. The molecule has 3 heterocycles. The molecule has 1 amide bonds. The van der Waals surface area contributed by atoms with E-state index in [-0.39, 0.29) is 29.3 Å². The number of nitrogens with zero attached hydrogens (tertiary/aromatic N) is 3. The zero-order chi connectivity index (χ0) is 30.8. The van der Waals surface area contributed by atoms with Gasteiger partial charge < -0.3 is 24.8 Å². The molecule has 0 unspecified atom stereocenters. The molecule has 2 aliphatic carbocycles. The highest BCUT2D eigenvalue weighted by molar-refractivity contribution is 5.67. The molecule has 7 rings (SSSR count). The van der Waals surface area contributed by atoms with Gasteiger partial charge in [-0.15, -0.1) is 0 Å². The fourth-order valence-corrected chi connectivity index (χ4v) is 9.50. The van der Waals surface area contributed by atoms with Crippen LogP contribution in [-0.2, 0) is 16.6 Å². The van der Waals surface area contributed by atoms with Crippen molar-refractivity contribution in [2.45, 2.75) is 88.1 Å². The van der Waals surface area contributed by atoms with Crippen LogP contribution >= 0.6 is 0 Å². The smallest absolute Gasteiger partial charge is 0.407 e. The largest absolute Gasteiger partial charge is 0.453 e. The summed E-state index contributed by atoms with van der Waals surface area (Å²) in [6, 6.07) is 17.5. The molecule has 7 heteroatoms. The average molecular weight is 617 g/mol. The summed E-state index contributed by atoms with van der Waals surface area (Å²) in [6.45, 7) is 7.62. The van der Waals surface area contributed by atoms with Crippen LogP contribution in [0.15, 0.2) is 48.5 Å². The molecule has 3 saturated heterocycles. The third-order valence-corrected chi connectivity index (χ3v) is 12.2. The van der Waals surface area contributed by atoms with E-state index < -0.39 is 0 Å². The standard InChI is InChI=1S/C38H53FN4O2/c1-45-37(44)40-36-8-3-7-35(36)38(27-41-19-4-20-41,31-5-2-6-32(39)26-31)30-15-21-42(22-16-30)34-17-23-43(24-18-34)33-13-11-29(12-14-33)25-28-9-10-28/h2,5-6,11-14,26,28,30,34-36H,3-4,7-10,15-25,27H2,1H3,(H,40,44)/t35-,36-,38-/m0/s1. The number of anilines is 1. The first-order chi connectivity index (χ1) is 22.0. The van der Waals surface area contributed by atoms with Crippen LogP contribution in [0.1, 0.15) is 75.3 Å². The van der Waals surface area contributed by atoms with E-state index in [2.05, 4.69) is 50.3 Å². The van der Waals surface area contributed by atoms with Gasteiger partial charge in [-0.2, -0.15) is 0 Å². The summed E-state index contributed by atoms with van der Waals surface area (Å²) in [6.07, 6.45) is 12.7. The number of benzene rings is 2. The minimum atomic E-state index is -0.348. The molecule has 3 atom stereocenters. The van der Waals surface area contributed by atoms with Crippen LogP contribution in [0.5, 0.6) is 0 Å². The Morgan fingerprint density at radius 1 is 0.889 bits per heavy atom. The van der Waals surface area contributed by atoms with E-state index in [0.29, 0.717) is 12.0 Å². The van der Waals surface area contributed by atoms with Gasteiger partial charge in [0.1, 0.15) is 5.82 Å². The lowest BCUT2D eigenvalue weighted by Crippen LogP contribution is -2.60. The lowest BCUT2D eigenvalue weighted by atomic mass is 9.57. The third-order valence-electron chi connectivity index (χ3n) is 12.2. The van der Waals surface area contributed by atoms with Gasteiger partial charge in [-0.25, -0.2) is 9.18 Å². The van der Waals surface area contributed by atoms with Crippen molar-refractivity contribution < 1.29 is 13.9 Å². The number of amides is 1. The van der Waals surface area contributed by atoms with Crippen LogP contribution in [0.2, 0.25) is 0 Å². The number of halogens is 1. The topological polar surface area (TPSA) is 48.1 Å². The maximum atomic E-state index is 15.0. The molecule has 0 bridgehead atoms. The van der Waals surface area contributed by atoms with E-state index in [0.717, 1.165) is 89.4 Å². The van der Waals surface area contributed by atoms with Crippen molar-refractivity contribution in [3.05, 3.63) is 65.5 Å². The van der Waals surface area contributed by atoms with E-state index in [1.54, 1.807) is 6.07 Å². The third kappa shape index (κ3) is 6.76. The maximum Gasteiger partial charge on any atom is 0.407 e. The van der Waals surface area contributed by atoms with E-state index in [9.17, 15) is 9.18 Å². The Kier molecular flexibility index (Phi) is 9.37. The first kappa shape index (κ1) is 31.0. The molecular formula is C38H53FN4O2. The second-order valence-electron chi connectivity index (χ2n) is 14.8. The fraction of sp³-hybridized carbons (Fsp3) is 0.658. The first-order valence-corrected chi connectivity index (χ1v) is 17.9. The number of piperidine rings is 2. The van der Waals surface area contributed by atoms with E-state index >= 15 is 0 Å². The Bertz CT molecular complexity index is 1280. The summed E-state index contributed by atoms with van der Waals surface area (Å²) < 4.78 is 20.0. The molecule has 0 radical (unpaired) electrons. The van der Waals surface area contributed by atoms with Gasteiger partial charge in [0.2, 0.25) is 0 Å². The number of rotatable bonds is 10. The molecule has 45 heavy (non-hydrogen) atoms. The van der Waals surface area contributed by atoms with Gasteiger partial charge in [-0.05, 0) is 144 Å². The molecule has 3 aliphatic heterocycles. The van der Waals surface area contributed by atoms with Crippen molar-refractivity contribution in [2.75, 3.05) is 57.8 Å². The monoisotopic (exact) mass is 616 g/mol. The van der Waals surface area contributed by atoms with Gasteiger partial charge in [-0.1, -0.05) is 30.7 Å². The van der Waals surface area contributed by atoms with Gasteiger partial charge >= 0.3 is 6.09 Å². The Morgan fingerprint density at radius 2 is 1.64 bits per heavy atom. The highest BCUT2D eigenvalue weighted by Gasteiger charge is 2.53. The van der Waals surface area contributed by atoms with Crippen molar-refractivity contribution >= 4 is 11.8 Å². The van der Waals surface area contributed by atoms with Gasteiger partial charge in [-0.3, -0.25) is 0 Å². The number of nitrogens with one attached hydrogen (secondary N) is 1. The summed E-state index contributed by atoms with van der Waals surface area (Å²) >= 11 is 0. The van der Waals surface area contributed by atoms with Gasteiger partial charge in [0.15, 0.2) is 0 Å². The van der Waals surface area contributed by atoms with E-state index in [4.69, 9.17) is 4.74 Å². The zero-order valence-electron chi connectivity index (χ0n) is 27.3. The van der Waals surface area contributed by atoms with Crippen LogP contribution < -0.4 is 10.2 Å². The lowest BCUT2D eigenvalue weighted by Gasteiger charge is -2.54. The lowest BCUT2D eigenvalue weighted by molar-refractivity contribution is 0.0151. The number of carbonyl (C=O) groups is 1. The Morgan fingerprint density at radius 3 is 2.29 bits per heavy atom. The molecule has 0 aromatic heterocycles. The highest BCUT2D eigenvalue weighted by atomic mass is 19.1. The molecule has 2 aromatic rings. The number of hydrogen-bond acceptors (Lipinski definition) is 5. The zero-order valence-corrected chi connectivity index (χ0v) is 27.3. The van der Waals surface area contributed by atoms with Crippen molar-refractivity contribution in [3.8, 4) is 0 Å². The molecule has 2 aromatic carbocycles. The molecule has 6 nitrogen and oxygen atoms in total. The summed E-state index contributed by atoms with van der Waals surface area (Å²) in [7, 11) is 1.45. The summed E-state index contributed by atoms with van der Waals surface area (Å²) in [4.78, 5) is 20.4. The average Bonchev–Trinajstić information content (AvgIpc) is 3.76. The molecule has 2 saturated carbocycles. The maximum absolute atomic E-state index is 15.0. The van der Waals surface area contributed by atoms with E-state index in [1.807, 2.05) is 12.1 Å². The number of hydrogen-bond donors (Lipinski definition) is 1. The van der Waals surface area contributed by atoms with Crippen molar-refractivity contribution in [1.29, 1.82) is 0 Å². The molecule has 5 fully saturated rings. The quantitative estimate of drug-likeness (QED) is 0.325. The van der Waals surface area contributed by atoms with Crippen LogP contribution in [0.3, 0.4) is 0 Å². The fourth-order valence-electron chi connectivity index (χ4n) is 9.50. The molecular weight excluding hydrogens is 563 g/mol. The van der Waals surface area contributed by atoms with Crippen LogP contribution in [0.4, 0.5) is 14.9 Å². The van der Waals surface area contributed by atoms with Gasteiger partial charge in [0.05, 0.1) is 7.11 Å².